The van der Waals surface area contributed by atoms with Gasteiger partial charge in [0.15, 0.2) is 0 Å². The van der Waals surface area contributed by atoms with E-state index in [0.29, 0.717) is 16.9 Å². The summed E-state index contributed by atoms with van der Waals surface area (Å²) in [5.74, 6) is 4.45. The molecule has 1 aliphatic heterocycles. The second-order valence-corrected chi connectivity index (χ2v) is 6.25. The topological polar surface area (TPSA) is 75.4 Å². The molecule has 0 saturated carbocycles. The Kier molecular flexibility index (Phi) is 7.72. The summed E-state index contributed by atoms with van der Waals surface area (Å²) in [5, 5.41) is 12.6. The minimum absolute atomic E-state index is 0.136. The number of aromatic hydroxyl groups is 1. The van der Waals surface area contributed by atoms with Gasteiger partial charge in [-0.3, -0.25) is 4.79 Å². The molecule has 4 rings (SSSR count). The molecule has 1 atom stereocenters. The third-order valence-electron chi connectivity index (χ3n) is 4.85. The van der Waals surface area contributed by atoms with Crippen LogP contribution in [0.3, 0.4) is 0 Å². The number of nitrogens with one attached hydrogen (secondary N) is 1. The molecule has 0 aromatic heterocycles. The Labute approximate surface area is 186 Å². The summed E-state index contributed by atoms with van der Waals surface area (Å²) in [6.07, 6.45) is 5.62. The molecule has 0 saturated heterocycles. The second-order valence-electron chi connectivity index (χ2n) is 6.25. The number of carbonyl (C=O) groups excluding carboxylic acids is 1. The van der Waals surface area contributed by atoms with Crippen molar-refractivity contribution in [2.24, 2.45) is 0 Å². The predicted molar refractivity (Wildman–Crippen MR) is 125 cm³/mol. The minimum atomic E-state index is -1.07. The summed E-state index contributed by atoms with van der Waals surface area (Å²) in [4.78, 5) is 13.3. The van der Waals surface area contributed by atoms with Crippen molar-refractivity contribution in [3.05, 3.63) is 89.0 Å². The number of fused-ring (bicyclic) bond motifs is 1. The van der Waals surface area contributed by atoms with E-state index in [4.69, 9.17) is 12.2 Å². The average molecular weight is 464 g/mol. The van der Waals surface area contributed by atoms with E-state index in [9.17, 15) is 9.90 Å². The Morgan fingerprint density at radius 3 is 2.03 bits per heavy atom. The number of anilines is 2. The maximum atomic E-state index is 13.3. The molecule has 0 fully saturated rings. The zero-order valence-electron chi connectivity index (χ0n) is 17.3. The fourth-order valence-electron chi connectivity index (χ4n) is 3.63. The van der Waals surface area contributed by atoms with Crippen LogP contribution in [0, 0.1) is 12.3 Å². The van der Waals surface area contributed by atoms with Crippen LogP contribution in [0.1, 0.15) is 36.1 Å². The van der Waals surface area contributed by atoms with E-state index in [2.05, 4.69) is 27.2 Å². The van der Waals surface area contributed by atoms with Gasteiger partial charge in [-0.05, 0) is 41.5 Å². The van der Waals surface area contributed by atoms with E-state index in [-0.39, 0.29) is 11.7 Å². The summed E-state index contributed by atoms with van der Waals surface area (Å²) in [7, 11) is 0. The zero-order chi connectivity index (χ0) is 22.3. The summed E-state index contributed by atoms with van der Waals surface area (Å²) >= 11 is 2.62. The summed E-state index contributed by atoms with van der Waals surface area (Å²) in [6.45, 7) is 4.00. The van der Waals surface area contributed by atoms with E-state index < -0.39 is 5.41 Å². The van der Waals surface area contributed by atoms with E-state index >= 15 is 0 Å². The molecule has 1 radical (unpaired) electrons. The number of carbonyl (C=O) groups is 1. The van der Waals surface area contributed by atoms with E-state index in [1.54, 1.807) is 42.5 Å². The van der Waals surface area contributed by atoms with Gasteiger partial charge in [0.05, 0.1) is 5.69 Å². The number of phenolic OH excluding ortho intramolecular Hbond substituents is 1. The molecule has 1 unspecified atom stereocenters. The van der Waals surface area contributed by atoms with Crippen molar-refractivity contribution in [1.82, 2.24) is 0 Å². The van der Waals surface area contributed by atoms with E-state index in [0.717, 1.165) is 16.7 Å². The molecule has 0 bridgehead atoms. The van der Waals surface area contributed by atoms with Crippen molar-refractivity contribution in [3.63, 3.8) is 0 Å². The van der Waals surface area contributed by atoms with Gasteiger partial charge >= 0.3 is 21.8 Å². The molecule has 4 N–H and O–H groups in total. The molecule has 5 heteroatoms. The fraction of sp³-hybridized carbons (Fsp3) is 0.160. The van der Waals surface area contributed by atoms with Crippen LogP contribution in [0.5, 0.6) is 5.75 Å². The van der Waals surface area contributed by atoms with Crippen LogP contribution in [0.2, 0.25) is 5.82 Å². The zero-order valence-corrected chi connectivity index (χ0v) is 19.0. The first kappa shape index (κ1) is 23.1. The Bertz CT molecular complexity index is 1010. The molecule has 0 aliphatic carbocycles. The van der Waals surface area contributed by atoms with Crippen LogP contribution in [0.4, 0.5) is 11.4 Å². The maximum absolute atomic E-state index is 13.3. The second kappa shape index (κ2) is 10.0. The number of nitrogen functional groups attached to an aromatic ring is 1. The van der Waals surface area contributed by atoms with E-state index in [1.165, 1.54) is 0 Å². The van der Waals surface area contributed by atoms with Gasteiger partial charge in [0.2, 0.25) is 5.91 Å². The number of phenols is 1. The van der Waals surface area contributed by atoms with Gasteiger partial charge < -0.3 is 16.2 Å². The van der Waals surface area contributed by atoms with Crippen molar-refractivity contribution >= 4 is 33.3 Å². The first-order valence-corrected chi connectivity index (χ1v) is 11.3. The monoisotopic (exact) mass is 465 g/mol. The number of rotatable bonds is 2. The quantitative estimate of drug-likeness (QED) is 0.298. The molecule has 3 aromatic rings. The van der Waals surface area contributed by atoms with Gasteiger partial charge in [0, 0.05) is 16.8 Å². The molecule has 1 amide bonds. The predicted octanol–water partition coefficient (Wildman–Crippen LogP) is 4.47. The number of terminal acetylenes is 1. The van der Waals surface area contributed by atoms with Gasteiger partial charge in [-0.1, -0.05) is 56.2 Å². The normalized spacial score (nSPS) is 16.0. The molecular weight excluding hydrogens is 439 g/mol. The van der Waals surface area contributed by atoms with Crippen molar-refractivity contribution < 1.29 is 9.90 Å². The van der Waals surface area contributed by atoms with Gasteiger partial charge in [0.1, 0.15) is 11.2 Å². The Morgan fingerprint density at radius 2 is 1.50 bits per heavy atom. The summed E-state index contributed by atoms with van der Waals surface area (Å²) in [6, 6.07) is 19.4. The van der Waals surface area contributed by atoms with Crippen molar-refractivity contribution in [3.8, 4) is 18.1 Å². The Hall–Kier alpha value is -3.19. The number of nitrogens with two attached hydrogens (primary N) is 1. The summed E-state index contributed by atoms with van der Waals surface area (Å²) < 4.78 is 0. The van der Waals surface area contributed by atoms with Crippen LogP contribution >= 0.6 is 0 Å². The molecule has 1 aliphatic rings. The Balaban J connectivity index is 0.000000757. The SMILES string of the molecule is C#Cc1cccc2c1NC(=O)C2(c1ccc(N)cc1)c1ccc(O)cc1.CC.C[Se]. The molecule has 3 aromatic carbocycles. The molecular formula is C25H25N2O2Se. The number of benzene rings is 3. The van der Waals surface area contributed by atoms with Crippen LogP contribution < -0.4 is 11.1 Å². The van der Waals surface area contributed by atoms with E-state index in [1.807, 2.05) is 43.9 Å². The standard InChI is InChI=1S/C22H16N2O2.C2H6.CH3Se/c1-2-14-4-3-5-19-20(14)24-21(26)22(19,15-6-10-17(23)11-7-15)16-8-12-18(25)13-9-16;2*1-2/h1,3-13,25H,23H2,(H,24,26);1-2H3;1H3. The van der Waals surface area contributed by atoms with Gasteiger partial charge in [-0.2, -0.15) is 0 Å². The van der Waals surface area contributed by atoms with Crippen molar-refractivity contribution in [1.29, 1.82) is 0 Å². The molecule has 0 spiro atoms. The van der Waals surface area contributed by atoms with Crippen LogP contribution in [0.25, 0.3) is 0 Å². The van der Waals surface area contributed by atoms with Crippen molar-refractivity contribution in [2.75, 3.05) is 11.1 Å². The average Bonchev–Trinajstić information content (AvgIpc) is 3.10. The number of amides is 1. The van der Waals surface area contributed by atoms with Crippen molar-refractivity contribution in [2.45, 2.75) is 25.1 Å². The van der Waals surface area contributed by atoms with Crippen LogP contribution in [0.15, 0.2) is 66.7 Å². The third-order valence-corrected chi connectivity index (χ3v) is 4.85. The van der Waals surface area contributed by atoms with Gasteiger partial charge in [-0.25, -0.2) is 0 Å². The molecule has 153 valence electrons. The first-order valence-electron chi connectivity index (χ1n) is 9.55. The van der Waals surface area contributed by atoms with Gasteiger partial charge in [-0.15, -0.1) is 6.42 Å². The number of para-hydroxylation sites is 1. The fourth-order valence-corrected chi connectivity index (χ4v) is 3.63. The molecule has 1 heterocycles. The number of hydrogen-bond acceptors (Lipinski definition) is 3. The Morgan fingerprint density at radius 1 is 0.967 bits per heavy atom. The number of hydrogen-bond donors (Lipinski definition) is 3. The summed E-state index contributed by atoms with van der Waals surface area (Å²) in [5.41, 5.74) is 8.97. The third kappa shape index (κ3) is 3.80. The van der Waals surface area contributed by atoms with Crippen LogP contribution in [-0.2, 0) is 10.2 Å². The molecule has 4 nitrogen and oxygen atoms in total. The van der Waals surface area contributed by atoms with Crippen LogP contribution in [-0.4, -0.2) is 27.0 Å². The van der Waals surface area contributed by atoms with Gasteiger partial charge in [0.25, 0.3) is 0 Å². The first-order chi connectivity index (χ1) is 14.6. The molecule has 30 heavy (non-hydrogen) atoms.